The Labute approximate surface area is 188 Å². The van der Waals surface area contributed by atoms with E-state index in [2.05, 4.69) is 10.6 Å². The highest BCUT2D eigenvalue weighted by Crippen LogP contribution is 2.34. The van der Waals surface area contributed by atoms with E-state index in [1.54, 1.807) is 0 Å². The molecule has 166 valence electrons. The molecule has 1 aliphatic heterocycles. The van der Waals surface area contributed by atoms with Crippen LogP contribution in [-0.4, -0.2) is 42.7 Å². The minimum absolute atomic E-state index is 0.0773. The molecule has 0 saturated carbocycles. The minimum Gasteiger partial charge on any atom is -0.391 e. The fraction of sp³-hybridized carbons (Fsp3) is 0.308. The standard InChI is InChI=1S/C26H29N3O3/c1-16-10-17(2)25(18(3)11-16)28-23(31)13-27-24(32)15-29-14-21(30)12-20-9-8-19-6-4-5-7-22(19)26(20)29/h4-11,21,30H,12-15H2,1-3H3,(H,27,32)(H,28,31)/t21-/m0/s1. The van der Waals surface area contributed by atoms with E-state index < -0.39 is 6.10 Å². The second-order valence-electron chi connectivity index (χ2n) is 8.63. The maximum Gasteiger partial charge on any atom is 0.243 e. The molecule has 0 spiro atoms. The van der Waals surface area contributed by atoms with Crippen LogP contribution in [0.1, 0.15) is 22.3 Å². The van der Waals surface area contributed by atoms with Gasteiger partial charge in [0.25, 0.3) is 0 Å². The van der Waals surface area contributed by atoms with Gasteiger partial charge in [0.05, 0.1) is 19.2 Å². The van der Waals surface area contributed by atoms with Gasteiger partial charge in [0.15, 0.2) is 0 Å². The van der Waals surface area contributed by atoms with Crippen LogP contribution in [0.15, 0.2) is 48.5 Å². The van der Waals surface area contributed by atoms with E-state index in [1.165, 1.54) is 0 Å². The Hall–Kier alpha value is -3.38. The van der Waals surface area contributed by atoms with Crippen LogP contribution in [0.2, 0.25) is 0 Å². The number of benzene rings is 3. The van der Waals surface area contributed by atoms with Crippen LogP contribution < -0.4 is 15.5 Å². The third-order valence-electron chi connectivity index (χ3n) is 5.91. The molecular weight excluding hydrogens is 402 g/mol. The Bertz CT molecular complexity index is 1170. The summed E-state index contributed by atoms with van der Waals surface area (Å²) in [4.78, 5) is 27.0. The van der Waals surface area contributed by atoms with E-state index in [-0.39, 0.29) is 24.9 Å². The molecule has 0 unspecified atom stereocenters. The topological polar surface area (TPSA) is 81.7 Å². The number of amides is 2. The zero-order chi connectivity index (χ0) is 22.8. The van der Waals surface area contributed by atoms with Gasteiger partial charge in [-0.15, -0.1) is 0 Å². The first-order valence-electron chi connectivity index (χ1n) is 10.9. The van der Waals surface area contributed by atoms with Crippen molar-refractivity contribution in [3.8, 4) is 0 Å². The molecule has 0 bridgehead atoms. The van der Waals surface area contributed by atoms with Gasteiger partial charge >= 0.3 is 0 Å². The van der Waals surface area contributed by atoms with Gasteiger partial charge in [-0.3, -0.25) is 9.59 Å². The third-order valence-corrected chi connectivity index (χ3v) is 5.91. The Morgan fingerprint density at radius 1 is 1.03 bits per heavy atom. The first-order valence-corrected chi connectivity index (χ1v) is 10.9. The molecule has 1 atom stereocenters. The summed E-state index contributed by atoms with van der Waals surface area (Å²) in [6, 6.07) is 16.1. The molecule has 4 rings (SSSR count). The van der Waals surface area contributed by atoms with Crippen molar-refractivity contribution >= 4 is 34.0 Å². The molecule has 0 aromatic heterocycles. The van der Waals surface area contributed by atoms with Gasteiger partial charge in [-0.05, 0) is 42.8 Å². The summed E-state index contributed by atoms with van der Waals surface area (Å²) in [6.07, 6.45) is 0.0305. The van der Waals surface area contributed by atoms with Gasteiger partial charge in [0, 0.05) is 29.7 Å². The number of rotatable bonds is 5. The average molecular weight is 432 g/mol. The number of nitrogens with one attached hydrogen (secondary N) is 2. The highest BCUT2D eigenvalue weighted by molar-refractivity contribution is 5.99. The zero-order valence-corrected chi connectivity index (χ0v) is 18.7. The van der Waals surface area contributed by atoms with Crippen molar-refractivity contribution in [3.63, 3.8) is 0 Å². The first-order chi connectivity index (χ1) is 15.3. The van der Waals surface area contributed by atoms with E-state index in [4.69, 9.17) is 0 Å². The minimum atomic E-state index is -0.535. The number of hydrogen-bond acceptors (Lipinski definition) is 4. The Morgan fingerprint density at radius 2 is 1.75 bits per heavy atom. The molecule has 32 heavy (non-hydrogen) atoms. The number of hydrogen-bond donors (Lipinski definition) is 3. The Balaban J connectivity index is 1.43. The van der Waals surface area contributed by atoms with Gasteiger partial charge in [-0.25, -0.2) is 0 Å². The molecule has 1 aliphatic rings. The summed E-state index contributed by atoms with van der Waals surface area (Å²) in [5.41, 5.74) is 5.93. The summed E-state index contributed by atoms with van der Waals surface area (Å²) in [7, 11) is 0. The van der Waals surface area contributed by atoms with Crippen molar-refractivity contribution in [3.05, 3.63) is 70.8 Å². The molecule has 1 heterocycles. The summed E-state index contributed by atoms with van der Waals surface area (Å²) >= 11 is 0. The predicted octanol–water partition coefficient (Wildman–Crippen LogP) is 3.24. The number of anilines is 2. The summed E-state index contributed by atoms with van der Waals surface area (Å²) < 4.78 is 0. The Kier molecular flexibility index (Phi) is 6.15. The third kappa shape index (κ3) is 4.60. The maximum atomic E-state index is 12.7. The maximum absolute atomic E-state index is 12.7. The molecular formula is C26H29N3O3. The lowest BCUT2D eigenvalue weighted by atomic mass is 9.95. The van der Waals surface area contributed by atoms with Gasteiger partial charge in [0.2, 0.25) is 11.8 Å². The van der Waals surface area contributed by atoms with E-state index in [9.17, 15) is 14.7 Å². The molecule has 3 aromatic rings. The van der Waals surface area contributed by atoms with Crippen molar-refractivity contribution in [2.24, 2.45) is 0 Å². The lowest BCUT2D eigenvalue weighted by Gasteiger charge is -2.34. The van der Waals surface area contributed by atoms with Crippen molar-refractivity contribution in [1.29, 1.82) is 0 Å². The Morgan fingerprint density at radius 3 is 2.50 bits per heavy atom. The smallest absolute Gasteiger partial charge is 0.243 e. The molecule has 0 radical (unpaired) electrons. The molecule has 0 saturated heterocycles. The number of fused-ring (bicyclic) bond motifs is 3. The summed E-state index contributed by atoms with van der Waals surface area (Å²) in [5, 5.41) is 18.1. The van der Waals surface area contributed by atoms with Crippen LogP contribution in [0.5, 0.6) is 0 Å². The van der Waals surface area contributed by atoms with E-state index in [0.717, 1.165) is 44.4 Å². The predicted molar refractivity (Wildman–Crippen MR) is 128 cm³/mol. The van der Waals surface area contributed by atoms with Crippen molar-refractivity contribution in [2.75, 3.05) is 29.9 Å². The van der Waals surface area contributed by atoms with E-state index in [1.807, 2.05) is 74.2 Å². The quantitative estimate of drug-likeness (QED) is 0.579. The largest absolute Gasteiger partial charge is 0.391 e. The van der Waals surface area contributed by atoms with E-state index >= 15 is 0 Å². The normalized spacial score (nSPS) is 15.4. The molecule has 3 aromatic carbocycles. The summed E-state index contributed by atoms with van der Waals surface area (Å²) in [5.74, 6) is -0.525. The van der Waals surface area contributed by atoms with Crippen LogP contribution >= 0.6 is 0 Å². The SMILES string of the molecule is Cc1cc(C)c(NC(=O)CNC(=O)CN2C[C@@H](O)Cc3ccc4ccccc4c32)c(C)c1. The second-order valence-corrected chi connectivity index (χ2v) is 8.63. The number of nitrogens with zero attached hydrogens (tertiary/aromatic N) is 1. The van der Waals surface area contributed by atoms with Gasteiger partial charge in [-0.1, -0.05) is 54.1 Å². The lowest BCUT2D eigenvalue weighted by molar-refractivity contribution is -0.123. The number of carbonyl (C=O) groups excluding carboxylic acids is 2. The van der Waals surface area contributed by atoms with Crippen LogP contribution in [0, 0.1) is 20.8 Å². The van der Waals surface area contributed by atoms with Gasteiger partial charge in [-0.2, -0.15) is 0 Å². The second kappa shape index (κ2) is 9.01. The lowest BCUT2D eigenvalue weighted by Crippen LogP contribution is -2.45. The number of carbonyl (C=O) groups is 2. The number of aryl methyl sites for hydroxylation is 3. The molecule has 6 heteroatoms. The molecule has 3 N–H and O–H groups in total. The highest BCUT2D eigenvalue weighted by atomic mass is 16.3. The highest BCUT2D eigenvalue weighted by Gasteiger charge is 2.26. The molecule has 0 fully saturated rings. The van der Waals surface area contributed by atoms with Crippen molar-refractivity contribution in [1.82, 2.24) is 5.32 Å². The van der Waals surface area contributed by atoms with Crippen LogP contribution in [0.25, 0.3) is 10.8 Å². The van der Waals surface area contributed by atoms with Crippen LogP contribution in [0.4, 0.5) is 11.4 Å². The van der Waals surface area contributed by atoms with E-state index in [0.29, 0.717) is 13.0 Å². The molecule has 0 aliphatic carbocycles. The molecule has 6 nitrogen and oxygen atoms in total. The van der Waals surface area contributed by atoms with Gasteiger partial charge in [0.1, 0.15) is 0 Å². The monoisotopic (exact) mass is 431 g/mol. The number of β-amino-alcohol motifs (C(OH)–C–C–N with tert-alkyl or cyclic N) is 1. The average Bonchev–Trinajstić information content (AvgIpc) is 2.74. The molecule has 2 amide bonds. The number of aliphatic hydroxyl groups is 1. The summed E-state index contributed by atoms with van der Waals surface area (Å²) in [6.45, 7) is 6.28. The van der Waals surface area contributed by atoms with Gasteiger partial charge < -0.3 is 20.6 Å². The van der Waals surface area contributed by atoms with Crippen LogP contribution in [0.3, 0.4) is 0 Å². The number of aliphatic hydroxyl groups excluding tert-OH is 1. The van der Waals surface area contributed by atoms with Crippen molar-refractivity contribution in [2.45, 2.75) is 33.3 Å². The zero-order valence-electron chi connectivity index (χ0n) is 18.7. The van der Waals surface area contributed by atoms with Crippen LogP contribution in [-0.2, 0) is 16.0 Å². The fourth-order valence-electron chi connectivity index (χ4n) is 4.62. The fourth-order valence-corrected chi connectivity index (χ4v) is 4.62. The first kappa shape index (κ1) is 21.8. The van der Waals surface area contributed by atoms with Crippen molar-refractivity contribution < 1.29 is 14.7 Å².